The molecule has 0 amide bonds. The number of hydrogen-bond donors (Lipinski definition) is 0. The van der Waals surface area contributed by atoms with E-state index in [-0.39, 0.29) is 0 Å². The smallest absolute Gasteiger partial charge is 0.161 e. The number of aromatic nitrogens is 2. The molecule has 0 atom stereocenters. The van der Waals surface area contributed by atoms with E-state index in [1.54, 1.807) is 0 Å². The Morgan fingerprint density at radius 2 is 1.35 bits per heavy atom. The van der Waals surface area contributed by atoms with Gasteiger partial charge in [-0.3, -0.25) is 4.40 Å². The number of rotatable bonds is 0. The molecule has 2 aromatic heterocycles. The van der Waals surface area contributed by atoms with Gasteiger partial charge in [-0.05, 0) is 11.5 Å². The van der Waals surface area contributed by atoms with E-state index in [1.807, 2.05) is 52.9 Å². The van der Waals surface area contributed by atoms with E-state index in [1.165, 1.54) is 6.07 Å². The minimum atomic E-state index is -0.880. The Morgan fingerprint density at radius 1 is 0.696 bits per heavy atom. The summed E-state index contributed by atoms with van der Waals surface area (Å²) in [6.45, 7) is 0. The molecule has 0 aliphatic carbocycles. The number of pyridine rings is 1. The van der Waals surface area contributed by atoms with E-state index in [2.05, 4.69) is 4.98 Å². The lowest BCUT2D eigenvalue weighted by molar-refractivity contribution is 0.510. The van der Waals surface area contributed by atoms with Gasteiger partial charge >= 0.3 is 0 Å². The lowest BCUT2D eigenvalue weighted by Gasteiger charge is -2.08. The van der Waals surface area contributed by atoms with Crippen LogP contribution in [0.5, 0.6) is 0 Å². The molecule has 0 aliphatic rings. The molecule has 0 fully saturated rings. The van der Waals surface area contributed by atoms with Crippen LogP contribution in [0.4, 0.5) is 8.78 Å². The Labute approximate surface area is 129 Å². The Bertz CT molecular complexity index is 1240. The van der Waals surface area contributed by atoms with Gasteiger partial charge < -0.3 is 0 Å². The molecule has 4 heteroatoms. The van der Waals surface area contributed by atoms with E-state index in [0.29, 0.717) is 16.7 Å². The maximum atomic E-state index is 13.8. The van der Waals surface area contributed by atoms with E-state index in [0.717, 1.165) is 27.7 Å². The van der Waals surface area contributed by atoms with Gasteiger partial charge in [-0.25, -0.2) is 13.8 Å². The fourth-order valence-electron chi connectivity index (χ4n) is 3.31. The quantitative estimate of drug-likeness (QED) is 0.365. The number of nitrogens with zero attached hydrogens (tertiary/aromatic N) is 2. The molecule has 0 bridgehead atoms. The van der Waals surface area contributed by atoms with Crippen molar-refractivity contribution in [2.45, 2.75) is 0 Å². The van der Waals surface area contributed by atoms with Crippen molar-refractivity contribution in [3.8, 4) is 0 Å². The van der Waals surface area contributed by atoms with Crippen LogP contribution >= 0.6 is 0 Å². The first-order valence-corrected chi connectivity index (χ1v) is 7.31. The van der Waals surface area contributed by atoms with Crippen LogP contribution in [-0.4, -0.2) is 9.38 Å². The third-order valence-electron chi connectivity index (χ3n) is 4.30. The van der Waals surface area contributed by atoms with Crippen LogP contribution < -0.4 is 0 Å². The summed E-state index contributed by atoms with van der Waals surface area (Å²) in [7, 11) is 0. The highest BCUT2D eigenvalue weighted by Crippen LogP contribution is 2.32. The largest absolute Gasteiger partial charge is 0.292 e. The molecule has 3 aromatic carbocycles. The molecular weight excluding hydrogens is 294 g/mol. The molecule has 0 unspecified atom stereocenters. The molecular formula is C19H10F2N2. The first-order chi connectivity index (χ1) is 11.2. The molecule has 5 rings (SSSR count). The topological polar surface area (TPSA) is 17.3 Å². The second kappa shape index (κ2) is 4.26. The fraction of sp³-hybridized carbons (Fsp3) is 0. The van der Waals surface area contributed by atoms with Gasteiger partial charge in [-0.15, -0.1) is 0 Å². The number of benzene rings is 3. The van der Waals surface area contributed by atoms with Crippen molar-refractivity contribution in [3.63, 3.8) is 0 Å². The standard InChI is InChI=1S/C19H10F2N2/c20-14-9-16-18(10-15(14)21)23-17-8-4-3-6-12(17)11-5-1-2-7-13(11)19(23)22-16/h1-10H. The average molecular weight is 304 g/mol. The zero-order valence-electron chi connectivity index (χ0n) is 11.9. The highest BCUT2D eigenvalue weighted by Gasteiger charge is 2.15. The van der Waals surface area contributed by atoms with Gasteiger partial charge in [0.25, 0.3) is 0 Å². The number of halogens is 2. The maximum Gasteiger partial charge on any atom is 0.161 e. The van der Waals surface area contributed by atoms with E-state index in [4.69, 9.17) is 0 Å². The first kappa shape index (κ1) is 12.5. The van der Waals surface area contributed by atoms with Gasteiger partial charge in [0.05, 0.1) is 16.6 Å². The number of fused-ring (bicyclic) bond motifs is 8. The van der Waals surface area contributed by atoms with Crippen LogP contribution in [0.15, 0.2) is 60.7 Å². The highest BCUT2D eigenvalue weighted by molar-refractivity contribution is 6.13. The fourth-order valence-corrected chi connectivity index (χ4v) is 3.31. The lowest BCUT2D eigenvalue weighted by atomic mass is 10.1. The summed E-state index contributed by atoms with van der Waals surface area (Å²) in [5.74, 6) is -1.74. The normalized spacial score (nSPS) is 11.9. The second-order valence-electron chi connectivity index (χ2n) is 5.59. The van der Waals surface area contributed by atoms with Gasteiger partial charge in [0.15, 0.2) is 11.6 Å². The summed E-state index contributed by atoms with van der Waals surface area (Å²) in [6.07, 6.45) is 0. The van der Waals surface area contributed by atoms with Crippen molar-refractivity contribution in [1.82, 2.24) is 9.38 Å². The van der Waals surface area contributed by atoms with Crippen molar-refractivity contribution < 1.29 is 8.78 Å². The molecule has 23 heavy (non-hydrogen) atoms. The minimum absolute atomic E-state index is 0.449. The molecule has 0 N–H and O–H groups in total. The van der Waals surface area contributed by atoms with Crippen molar-refractivity contribution >= 4 is 38.4 Å². The lowest BCUT2D eigenvalue weighted by Crippen LogP contribution is -1.91. The average Bonchev–Trinajstić information content (AvgIpc) is 2.94. The molecule has 0 spiro atoms. The summed E-state index contributed by atoms with van der Waals surface area (Å²) in [5, 5.41) is 3.09. The van der Waals surface area contributed by atoms with Crippen LogP contribution in [-0.2, 0) is 0 Å². The third-order valence-corrected chi connectivity index (χ3v) is 4.30. The molecule has 0 saturated heterocycles. The van der Waals surface area contributed by atoms with Crippen molar-refractivity contribution in [3.05, 3.63) is 72.3 Å². The monoisotopic (exact) mass is 304 g/mol. The Hall–Kier alpha value is -3.01. The zero-order valence-corrected chi connectivity index (χ0v) is 11.9. The molecule has 5 aromatic rings. The van der Waals surface area contributed by atoms with Crippen LogP contribution in [0.2, 0.25) is 0 Å². The summed E-state index contributed by atoms with van der Waals surface area (Å²) in [4.78, 5) is 4.55. The predicted molar refractivity (Wildman–Crippen MR) is 87.6 cm³/mol. The van der Waals surface area contributed by atoms with E-state index in [9.17, 15) is 8.78 Å². The SMILES string of the molecule is Fc1cc2nc3c4ccccc4c4ccccc4n3c2cc1F. The number of hydrogen-bond acceptors (Lipinski definition) is 1. The van der Waals surface area contributed by atoms with Crippen molar-refractivity contribution in [1.29, 1.82) is 0 Å². The van der Waals surface area contributed by atoms with E-state index < -0.39 is 11.6 Å². The molecule has 2 nitrogen and oxygen atoms in total. The second-order valence-corrected chi connectivity index (χ2v) is 5.59. The van der Waals surface area contributed by atoms with Gasteiger partial charge in [-0.2, -0.15) is 0 Å². The van der Waals surface area contributed by atoms with Crippen LogP contribution in [0, 0.1) is 11.6 Å². The summed E-state index contributed by atoms with van der Waals surface area (Å²) in [5.41, 5.74) is 2.65. The summed E-state index contributed by atoms with van der Waals surface area (Å²) >= 11 is 0. The molecule has 110 valence electrons. The molecule has 0 radical (unpaired) electrons. The van der Waals surface area contributed by atoms with Gasteiger partial charge in [0.2, 0.25) is 0 Å². The van der Waals surface area contributed by atoms with Gasteiger partial charge in [0.1, 0.15) is 5.65 Å². The van der Waals surface area contributed by atoms with Crippen LogP contribution in [0.1, 0.15) is 0 Å². The Morgan fingerprint density at radius 3 is 2.17 bits per heavy atom. The van der Waals surface area contributed by atoms with Crippen LogP contribution in [0.25, 0.3) is 38.4 Å². The third kappa shape index (κ3) is 1.58. The highest BCUT2D eigenvalue weighted by atomic mass is 19.2. The Balaban J connectivity index is 2.19. The summed E-state index contributed by atoms with van der Waals surface area (Å²) < 4.78 is 29.2. The predicted octanol–water partition coefficient (Wildman–Crippen LogP) is 5.07. The molecule has 0 saturated carbocycles. The number of imidazole rings is 1. The maximum absolute atomic E-state index is 13.8. The van der Waals surface area contributed by atoms with Crippen molar-refractivity contribution in [2.24, 2.45) is 0 Å². The first-order valence-electron chi connectivity index (χ1n) is 7.31. The molecule has 0 aliphatic heterocycles. The van der Waals surface area contributed by atoms with Gasteiger partial charge in [0, 0.05) is 22.9 Å². The minimum Gasteiger partial charge on any atom is -0.292 e. The van der Waals surface area contributed by atoms with E-state index >= 15 is 0 Å². The van der Waals surface area contributed by atoms with Crippen molar-refractivity contribution in [2.75, 3.05) is 0 Å². The summed E-state index contributed by atoms with van der Waals surface area (Å²) in [6, 6.07) is 18.2. The van der Waals surface area contributed by atoms with Gasteiger partial charge in [-0.1, -0.05) is 42.5 Å². The number of para-hydroxylation sites is 1. The Kier molecular flexibility index (Phi) is 2.32. The zero-order chi connectivity index (χ0) is 15.6. The molecule has 2 heterocycles. The van der Waals surface area contributed by atoms with Crippen LogP contribution in [0.3, 0.4) is 0 Å².